The van der Waals surface area contributed by atoms with Gasteiger partial charge in [0.25, 0.3) is 0 Å². The molecule has 0 rings (SSSR count). The Morgan fingerprint density at radius 1 is 0.789 bits per heavy atom. The lowest BCUT2D eigenvalue weighted by molar-refractivity contribution is -0.130. The summed E-state index contributed by atoms with van der Waals surface area (Å²) in [5.41, 5.74) is 5.50. The highest BCUT2D eigenvalue weighted by Gasteiger charge is 2.13. The van der Waals surface area contributed by atoms with E-state index < -0.39 is 0 Å². The van der Waals surface area contributed by atoms with Gasteiger partial charge in [-0.1, -0.05) is 27.7 Å². The summed E-state index contributed by atoms with van der Waals surface area (Å²) < 4.78 is 0. The van der Waals surface area contributed by atoms with Gasteiger partial charge in [-0.05, 0) is 26.2 Å². The number of hydrogen-bond donors (Lipinski definition) is 1. The lowest BCUT2D eigenvalue weighted by atomic mass is 10.3. The van der Waals surface area contributed by atoms with E-state index in [9.17, 15) is 4.79 Å². The predicted molar refractivity (Wildman–Crippen MR) is 81.2 cm³/mol. The fourth-order valence-corrected chi connectivity index (χ4v) is 2.09. The maximum Gasteiger partial charge on any atom is 0.236 e. The van der Waals surface area contributed by atoms with E-state index in [1.807, 2.05) is 4.90 Å². The Morgan fingerprint density at radius 2 is 1.16 bits per heavy atom. The summed E-state index contributed by atoms with van der Waals surface area (Å²) in [5.74, 6) is 0.0549. The molecule has 0 aromatic heterocycles. The Hall–Kier alpha value is -0.650. The summed E-state index contributed by atoms with van der Waals surface area (Å²) in [4.78, 5) is 18.4. The topological polar surface area (TPSA) is 52.8 Å². The molecule has 0 spiro atoms. The molecule has 0 aromatic rings. The molecule has 0 aliphatic heterocycles. The molecule has 0 saturated carbocycles. The van der Waals surface area contributed by atoms with Gasteiger partial charge in [0, 0.05) is 26.2 Å². The van der Waals surface area contributed by atoms with Gasteiger partial charge in [-0.2, -0.15) is 0 Å². The first-order chi connectivity index (χ1) is 9.12. The van der Waals surface area contributed by atoms with E-state index in [0.29, 0.717) is 0 Å². The molecule has 19 heavy (non-hydrogen) atoms. The Morgan fingerprint density at radius 3 is 1.42 bits per heavy atom. The molecule has 0 saturated heterocycles. The third-order valence-electron chi connectivity index (χ3n) is 3.69. The molecule has 1 amide bonds. The van der Waals surface area contributed by atoms with Gasteiger partial charge in [0.1, 0.15) is 0 Å². The zero-order chi connectivity index (χ0) is 14.7. The summed E-state index contributed by atoms with van der Waals surface area (Å²) >= 11 is 0. The van der Waals surface area contributed by atoms with E-state index in [0.717, 1.165) is 52.4 Å². The van der Waals surface area contributed by atoms with Crippen molar-refractivity contribution in [3.63, 3.8) is 0 Å². The monoisotopic (exact) mass is 272 g/mol. The average molecular weight is 272 g/mol. The number of amides is 1. The van der Waals surface area contributed by atoms with Gasteiger partial charge in [-0.3, -0.25) is 4.79 Å². The molecule has 0 fully saturated rings. The lowest BCUT2D eigenvalue weighted by Crippen LogP contribution is -2.45. The van der Waals surface area contributed by atoms with E-state index >= 15 is 0 Å². The second-order valence-electron chi connectivity index (χ2n) is 4.64. The van der Waals surface area contributed by atoms with Crippen molar-refractivity contribution >= 4 is 5.91 Å². The number of nitrogens with two attached hydrogens (primary N) is 1. The highest BCUT2D eigenvalue weighted by Crippen LogP contribution is 1.96. The summed E-state index contributed by atoms with van der Waals surface area (Å²) in [5, 5.41) is 0. The van der Waals surface area contributed by atoms with Gasteiger partial charge in [-0.25, -0.2) is 0 Å². The van der Waals surface area contributed by atoms with Crippen LogP contribution in [0.3, 0.4) is 0 Å². The molecule has 0 heterocycles. The van der Waals surface area contributed by atoms with E-state index in [1.165, 1.54) is 0 Å². The minimum atomic E-state index is 0.0549. The fourth-order valence-electron chi connectivity index (χ4n) is 2.09. The van der Waals surface area contributed by atoms with Crippen LogP contribution in [-0.4, -0.2) is 79.5 Å². The van der Waals surface area contributed by atoms with Gasteiger partial charge in [0.05, 0.1) is 6.54 Å². The minimum absolute atomic E-state index is 0.0549. The smallest absolute Gasteiger partial charge is 0.236 e. The summed E-state index contributed by atoms with van der Waals surface area (Å²) in [6.45, 7) is 16.2. The highest BCUT2D eigenvalue weighted by atomic mass is 16.2. The number of carbonyl (C=O) groups is 1. The third kappa shape index (κ3) is 7.50. The number of likely N-dealkylation sites (N-methyl/N-ethyl adjacent to an activating group) is 2. The maximum atomic E-state index is 11.9. The van der Waals surface area contributed by atoms with Gasteiger partial charge >= 0.3 is 0 Å². The molecule has 0 atom stereocenters. The number of carbonyl (C=O) groups excluding carboxylic acids is 1. The fraction of sp³-hybridized carbons (Fsp3) is 0.929. The first-order valence-corrected chi connectivity index (χ1v) is 7.55. The standard InChI is InChI=1S/C14H32N4O/c1-5-16(6-2)9-11-18(14(19)13-15)12-10-17(7-3)8-4/h5-13,15H2,1-4H3. The van der Waals surface area contributed by atoms with Crippen LogP contribution >= 0.6 is 0 Å². The summed E-state index contributed by atoms with van der Waals surface area (Å²) in [6, 6.07) is 0. The molecule has 0 unspecified atom stereocenters. The second-order valence-corrected chi connectivity index (χ2v) is 4.64. The quantitative estimate of drug-likeness (QED) is 0.594. The van der Waals surface area contributed by atoms with Crippen LogP contribution in [0.1, 0.15) is 27.7 Å². The number of rotatable bonds is 11. The molecule has 0 aliphatic rings. The molecule has 0 radical (unpaired) electrons. The molecule has 0 aromatic carbocycles. The predicted octanol–water partition coefficient (Wildman–Crippen LogP) is 0.457. The SMILES string of the molecule is CCN(CC)CCN(CCN(CC)CC)C(=O)CN. The van der Waals surface area contributed by atoms with E-state index in [4.69, 9.17) is 5.73 Å². The Balaban J connectivity index is 4.27. The highest BCUT2D eigenvalue weighted by molar-refractivity contribution is 5.78. The minimum Gasteiger partial charge on any atom is -0.339 e. The van der Waals surface area contributed by atoms with Crippen LogP contribution in [0.15, 0.2) is 0 Å². The van der Waals surface area contributed by atoms with Crippen molar-refractivity contribution < 1.29 is 4.79 Å². The van der Waals surface area contributed by atoms with Crippen LogP contribution in [0, 0.1) is 0 Å². The van der Waals surface area contributed by atoms with Crippen LogP contribution in [0.25, 0.3) is 0 Å². The van der Waals surface area contributed by atoms with Crippen LogP contribution in [0.5, 0.6) is 0 Å². The van der Waals surface area contributed by atoms with Gasteiger partial charge in [-0.15, -0.1) is 0 Å². The van der Waals surface area contributed by atoms with Crippen LogP contribution in [-0.2, 0) is 4.79 Å². The van der Waals surface area contributed by atoms with Crippen molar-refractivity contribution in [3.05, 3.63) is 0 Å². The Labute approximate surface area is 118 Å². The van der Waals surface area contributed by atoms with Crippen molar-refractivity contribution in [2.45, 2.75) is 27.7 Å². The Bertz CT molecular complexity index is 211. The summed E-state index contributed by atoms with van der Waals surface area (Å²) in [7, 11) is 0. The van der Waals surface area contributed by atoms with Crippen molar-refractivity contribution in [2.75, 3.05) is 58.9 Å². The zero-order valence-corrected chi connectivity index (χ0v) is 13.2. The Kier molecular flexibility index (Phi) is 10.8. The van der Waals surface area contributed by atoms with E-state index in [-0.39, 0.29) is 12.5 Å². The molecular formula is C14H32N4O. The van der Waals surface area contributed by atoms with Crippen LogP contribution in [0.4, 0.5) is 0 Å². The zero-order valence-electron chi connectivity index (χ0n) is 13.2. The molecular weight excluding hydrogens is 240 g/mol. The first-order valence-electron chi connectivity index (χ1n) is 7.55. The number of nitrogens with zero attached hydrogens (tertiary/aromatic N) is 3. The van der Waals surface area contributed by atoms with E-state index in [1.54, 1.807) is 0 Å². The van der Waals surface area contributed by atoms with Gasteiger partial charge < -0.3 is 20.4 Å². The molecule has 5 heteroatoms. The van der Waals surface area contributed by atoms with Gasteiger partial charge in [0.2, 0.25) is 5.91 Å². The first kappa shape index (κ1) is 18.4. The second kappa shape index (κ2) is 11.2. The number of hydrogen-bond acceptors (Lipinski definition) is 4. The average Bonchev–Trinajstić information content (AvgIpc) is 2.46. The van der Waals surface area contributed by atoms with Crippen LogP contribution in [0.2, 0.25) is 0 Å². The summed E-state index contributed by atoms with van der Waals surface area (Å²) in [6.07, 6.45) is 0. The molecule has 0 bridgehead atoms. The van der Waals surface area contributed by atoms with Gasteiger partial charge in [0.15, 0.2) is 0 Å². The molecule has 2 N–H and O–H groups in total. The van der Waals surface area contributed by atoms with Crippen molar-refractivity contribution in [3.8, 4) is 0 Å². The van der Waals surface area contributed by atoms with E-state index in [2.05, 4.69) is 37.5 Å². The lowest BCUT2D eigenvalue weighted by Gasteiger charge is -2.28. The molecule has 114 valence electrons. The van der Waals surface area contributed by atoms with Crippen molar-refractivity contribution in [2.24, 2.45) is 5.73 Å². The maximum absolute atomic E-state index is 11.9. The van der Waals surface area contributed by atoms with Crippen molar-refractivity contribution in [1.29, 1.82) is 0 Å². The molecule has 0 aliphatic carbocycles. The van der Waals surface area contributed by atoms with Crippen molar-refractivity contribution in [1.82, 2.24) is 14.7 Å². The third-order valence-corrected chi connectivity index (χ3v) is 3.69. The van der Waals surface area contributed by atoms with Crippen LogP contribution < -0.4 is 5.73 Å². The largest absolute Gasteiger partial charge is 0.339 e. The molecule has 5 nitrogen and oxygen atoms in total. The normalized spacial score (nSPS) is 11.3.